The van der Waals surface area contributed by atoms with E-state index < -0.39 is 0 Å². The summed E-state index contributed by atoms with van der Waals surface area (Å²) in [7, 11) is 0. The third-order valence-electron chi connectivity index (χ3n) is 4.17. The molecule has 112 valence electrons. The number of rotatable bonds is 6. The molecule has 0 unspecified atom stereocenters. The normalized spacial score (nSPS) is 17.6. The zero-order valence-electron chi connectivity index (χ0n) is 12.3. The van der Waals surface area contributed by atoms with Crippen LogP contribution in [0.3, 0.4) is 0 Å². The van der Waals surface area contributed by atoms with Gasteiger partial charge in [-0.2, -0.15) is 0 Å². The second-order valence-electron chi connectivity index (χ2n) is 5.64. The maximum absolute atomic E-state index is 11.6. The average Bonchev–Trinajstić information content (AvgIpc) is 2.98. The minimum atomic E-state index is 0.0978. The first-order chi connectivity index (χ1) is 10.3. The molecule has 1 aliphatic rings. The Hall–Kier alpha value is -1.39. The first-order valence-corrected chi connectivity index (χ1v) is 8.68. The summed E-state index contributed by atoms with van der Waals surface area (Å²) in [4.78, 5) is 13.2. The molecule has 0 radical (unpaired) electrons. The number of nitrogens with one attached hydrogen (secondary N) is 1. The Morgan fingerprint density at radius 1 is 1.29 bits per heavy atom. The molecular weight excluding hydrogens is 280 g/mol. The number of nitrogens with zero attached hydrogens (tertiary/aromatic N) is 1. The van der Waals surface area contributed by atoms with E-state index in [9.17, 15) is 4.79 Å². The van der Waals surface area contributed by atoms with Crippen LogP contribution >= 0.6 is 11.3 Å². The number of aromatic nitrogens is 1. The van der Waals surface area contributed by atoms with Crippen LogP contribution in [0.4, 0.5) is 0 Å². The van der Waals surface area contributed by atoms with Gasteiger partial charge in [0, 0.05) is 29.7 Å². The standard InChI is InChI=1S/C17H22N2OS/c20-17-8-1-3-11-19(17)12-4-2-10-18-15-6-5-7-16-14(15)9-13-21-16/h1,3,8-9,11,13,15,18H,2,4-7,10,12H2/t15-/m1/s1. The molecule has 0 spiro atoms. The molecule has 0 fully saturated rings. The molecule has 1 N–H and O–H groups in total. The maximum Gasteiger partial charge on any atom is 0.250 e. The quantitative estimate of drug-likeness (QED) is 0.830. The molecule has 3 rings (SSSR count). The molecule has 0 bridgehead atoms. The van der Waals surface area contributed by atoms with Gasteiger partial charge in [-0.15, -0.1) is 11.3 Å². The highest BCUT2D eigenvalue weighted by Gasteiger charge is 2.20. The first-order valence-electron chi connectivity index (χ1n) is 7.80. The summed E-state index contributed by atoms with van der Waals surface area (Å²) in [6.45, 7) is 1.84. The summed E-state index contributed by atoms with van der Waals surface area (Å²) in [5, 5.41) is 5.90. The van der Waals surface area contributed by atoms with Gasteiger partial charge in [-0.1, -0.05) is 6.07 Å². The van der Waals surface area contributed by atoms with Crippen molar-refractivity contribution in [1.29, 1.82) is 0 Å². The Bertz CT molecular complexity index is 631. The van der Waals surface area contributed by atoms with Gasteiger partial charge in [0.25, 0.3) is 0 Å². The van der Waals surface area contributed by atoms with Crippen LogP contribution in [0.15, 0.2) is 40.6 Å². The summed E-state index contributed by atoms with van der Waals surface area (Å²) in [6.07, 6.45) is 7.82. The van der Waals surface area contributed by atoms with Crippen molar-refractivity contribution in [3.8, 4) is 0 Å². The van der Waals surface area contributed by atoms with E-state index >= 15 is 0 Å². The predicted octanol–water partition coefficient (Wildman–Crippen LogP) is 3.36. The largest absolute Gasteiger partial charge is 0.316 e. The van der Waals surface area contributed by atoms with E-state index in [2.05, 4.69) is 16.8 Å². The second-order valence-corrected chi connectivity index (χ2v) is 6.64. The monoisotopic (exact) mass is 302 g/mol. The third-order valence-corrected chi connectivity index (χ3v) is 5.16. The lowest BCUT2D eigenvalue weighted by molar-refractivity contribution is 0.449. The number of fused-ring (bicyclic) bond motifs is 1. The Kier molecular flexibility index (Phi) is 4.88. The van der Waals surface area contributed by atoms with Gasteiger partial charge in [-0.25, -0.2) is 0 Å². The van der Waals surface area contributed by atoms with Crippen LogP contribution in [0.2, 0.25) is 0 Å². The molecule has 4 heteroatoms. The van der Waals surface area contributed by atoms with E-state index in [1.807, 2.05) is 23.6 Å². The molecule has 2 aromatic heterocycles. The molecule has 2 heterocycles. The van der Waals surface area contributed by atoms with Crippen LogP contribution < -0.4 is 10.9 Å². The second kappa shape index (κ2) is 7.05. The SMILES string of the molecule is O=c1ccccn1CCCCN[C@@H]1CCCc2sccc21. The zero-order valence-corrected chi connectivity index (χ0v) is 13.1. The highest BCUT2D eigenvalue weighted by atomic mass is 32.1. The van der Waals surface area contributed by atoms with Gasteiger partial charge in [0.15, 0.2) is 0 Å². The van der Waals surface area contributed by atoms with E-state index in [4.69, 9.17) is 0 Å². The van der Waals surface area contributed by atoms with E-state index in [-0.39, 0.29) is 5.56 Å². The highest BCUT2D eigenvalue weighted by molar-refractivity contribution is 7.10. The van der Waals surface area contributed by atoms with Crippen LogP contribution in [0.5, 0.6) is 0 Å². The number of aryl methyl sites for hydroxylation is 2. The third kappa shape index (κ3) is 3.63. The van der Waals surface area contributed by atoms with Crippen molar-refractivity contribution in [2.24, 2.45) is 0 Å². The van der Waals surface area contributed by atoms with Gasteiger partial charge < -0.3 is 9.88 Å². The Labute approximate surface area is 129 Å². The van der Waals surface area contributed by atoms with Crippen molar-refractivity contribution in [3.05, 3.63) is 56.6 Å². The van der Waals surface area contributed by atoms with Gasteiger partial charge in [-0.3, -0.25) is 4.79 Å². The minimum Gasteiger partial charge on any atom is -0.316 e. The van der Waals surface area contributed by atoms with Crippen molar-refractivity contribution in [1.82, 2.24) is 9.88 Å². The predicted molar refractivity (Wildman–Crippen MR) is 87.9 cm³/mol. The van der Waals surface area contributed by atoms with E-state index in [0.29, 0.717) is 6.04 Å². The van der Waals surface area contributed by atoms with Crippen molar-refractivity contribution >= 4 is 11.3 Å². The molecule has 1 atom stereocenters. The van der Waals surface area contributed by atoms with Gasteiger partial charge in [-0.05, 0) is 61.7 Å². The van der Waals surface area contributed by atoms with Gasteiger partial charge in [0.2, 0.25) is 5.56 Å². The van der Waals surface area contributed by atoms with Crippen molar-refractivity contribution < 1.29 is 0 Å². The molecule has 0 aliphatic heterocycles. The molecule has 0 saturated carbocycles. The van der Waals surface area contributed by atoms with E-state index in [1.54, 1.807) is 21.6 Å². The highest BCUT2D eigenvalue weighted by Crippen LogP contribution is 2.33. The molecule has 1 aliphatic carbocycles. The Balaban J connectivity index is 1.42. The van der Waals surface area contributed by atoms with Gasteiger partial charge in [0.1, 0.15) is 0 Å². The number of thiophene rings is 1. The number of pyridine rings is 1. The smallest absolute Gasteiger partial charge is 0.250 e. The lowest BCUT2D eigenvalue weighted by atomic mass is 9.94. The van der Waals surface area contributed by atoms with Crippen LogP contribution in [-0.2, 0) is 13.0 Å². The Morgan fingerprint density at radius 3 is 3.14 bits per heavy atom. The van der Waals surface area contributed by atoms with Gasteiger partial charge >= 0.3 is 0 Å². The van der Waals surface area contributed by atoms with E-state index in [1.165, 1.54) is 24.8 Å². The maximum atomic E-state index is 11.6. The lowest BCUT2D eigenvalue weighted by Crippen LogP contribution is -2.25. The molecule has 0 aromatic carbocycles. The minimum absolute atomic E-state index is 0.0978. The molecule has 2 aromatic rings. The molecule has 3 nitrogen and oxygen atoms in total. The molecule has 21 heavy (non-hydrogen) atoms. The van der Waals surface area contributed by atoms with Crippen molar-refractivity contribution in [2.75, 3.05) is 6.54 Å². The number of hydrogen-bond donors (Lipinski definition) is 1. The zero-order chi connectivity index (χ0) is 14.5. The summed E-state index contributed by atoms with van der Waals surface area (Å²) in [5.74, 6) is 0. The van der Waals surface area contributed by atoms with E-state index in [0.717, 1.165) is 25.9 Å². The molecule has 0 saturated heterocycles. The van der Waals surface area contributed by atoms with Crippen LogP contribution in [0.25, 0.3) is 0 Å². The Morgan fingerprint density at radius 2 is 2.24 bits per heavy atom. The average molecular weight is 302 g/mol. The van der Waals surface area contributed by atoms with Crippen LogP contribution in [0, 0.1) is 0 Å². The van der Waals surface area contributed by atoms with Crippen molar-refractivity contribution in [3.63, 3.8) is 0 Å². The van der Waals surface area contributed by atoms with Crippen LogP contribution in [0.1, 0.15) is 42.2 Å². The number of unbranched alkanes of at least 4 members (excludes halogenated alkanes) is 1. The topological polar surface area (TPSA) is 34.0 Å². The fourth-order valence-corrected chi connectivity index (χ4v) is 4.01. The lowest BCUT2D eigenvalue weighted by Gasteiger charge is -2.23. The summed E-state index contributed by atoms with van der Waals surface area (Å²) >= 11 is 1.89. The van der Waals surface area contributed by atoms with Gasteiger partial charge in [0.05, 0.1) is 0 Å². The fourth-order valence-electron chi connectivity index (χ4n) is 3.03. The summed E-state index contributed by atoms with van der Waals surface area (Å²) in [5.41, 5.74) is 1.62. The number of hydrogen-bond acceptors (Lipinski definition) is 3. The van der Waals surface area contributed by atoms with Crippen molar-refractivity contribution in [2.45, 2.75) is 44.7 Å². The first kappa shape index (κ1) is 14.5. The summed E-state index contributed by atoms with van der Waals surface area (Å²) < 4.78 is 1.79. The molecule has 0 amide bonds. The molecular formula is C17H22N2OS. The fraction of sp³-hybridized carbons (Fsp3) is 0.471. The van der Waals surface area contributed by atoms with Crippen LogP contribution in [-0.4, -0.2) is 11.1 Å². The summed E-state index contributed by atoms with van der Waals surface area (Å²) in [6, 6.07) is 8.15.